The van der Waals surface area contributed by atoms with Gasteiger partial charge in [-0.15, -0.1) is 0 Å². The normalized spacial score (nSPS) is 19.5. The summed E-state index contributed by atoms with van der Waals surface area (Å²) in [7, 11) is 0. The van der Waals surface area contributed by atoms with Crippen LogP contribution in [0.1, 0.15) is 41.4 Å². The van der Waals surface area contributed by atoms with Gasteiger partial charge in [-0.2, -0.15) is 0 Å². The van der Waals surface area contributed by atoms with Gasteiger partial charge in [0.2, 0.25) is 0 Å². The second kappa shape index (κ2) is 16.4. The summed E-state index contributed by atoms with van der Waals surface area (Å²) in [5.41, 5.74) is 0.772. The first-order valence-corrected chi connectivity index (χ1v) is 17.7. The van der Waals surface area contributed by atoms with Gasteiger partial charge in [-0.1, -0.05) is 103 Å². The van der Waals surface area contributed by atoms with E-state index in [1.165, 1.54) is 11.8 Å². The largest absolute Gasteiger partial charge is 0.459 e. The highest BCUT2D eigenvalue weighted by Gasteiger charge is 2.53. The second-order valence-corrected chi connectivity index (χ2v) is 13.2. The van der Waals surface area contributed by atoms with Gasteiger partial charge in [-0.05, 0) is 60.7 Å². The Bertz CT molecular complexity index is 2140. The van der Waals surface area contributed by atoms with E-state index in [2.05, 4.69) is 4.98 Å². The molecular weight excluding hydrogens is 695 g/mol. The van der Waals surface area contributed by atoms with Crippen molar-refractivity contribution >= 4 is 46.5 Å². The van der Waals surface area contributed by atoms with Gasteiger partial charge in [-0.3, -0.25) is 0 Å². The number of hydrogen-bond donors (Lipinski definition) is 1. The Morgan fingerprint density at radius 1 is 0.528 bits per heavy atom. The van der Waals surface area contributed by atoms with Gasteiger partial charge in [-0.25, -0.2) is 19.2 Å². The van der Waals surface area contributed by atoms with E-state index in [1.54, 1.807) is 121 Å². The highest BCUT2D eigenvalue weighted by molar-refractivity contribution is 7.99. The number of carbonyl (C=O) groups is 4. The summed E-state index contributed by atoms with van der Waals surface area (Å²) < 4.78 is 30.8. The molecule has 5 atom stereocenters. The van der Waals surface area contributed by atoms with Crippen LogP contribution in [0.3, 0.4) is 0 Å². The highest BCUT2D eigenvalue weighted by Crippen LogP contribution is 2.39. The first-order valence-electron chi connectivity index (χ1n) is 16.8. The molecule has 0 amide bonds. The van der Waals surface area contributed by atoms with Crippen LogP contribution in [-0.2, 0) is 23.7 Å². The van der Waals surface area contributed by atoms with E-state index in [4.69, 9.17) is 23.7 Å². The summed E-state index contributed by atoms with van der Waals surface area (Å²) in [6.45, 7) is -0.400. The third-order valence-electron chi connectivity index (χ3n) is 8.49. The summed E-state index contributed by atoms with van der Waals surface area (Å²) in [5, 5.41) is 1.59. The van der Waals surface area contributed by atoms with E-state index in [-0.39, 0.29) is 16.7 Å². The molecule has 53 heavy (non-hydrogen) atoms. The number of rotatable bonds is 11. The molecule has 2 heterocycles. The molecule has 266 valence electrons. The van der Waals surface area contributed by atoms with Crippen molar-refractivity contribution in [1.29, 1.82) is 0 Å². The number of esters is 4. The molecule has 5 aromatic carbocycles. The number of ether oxygens (including phenoxy) is 5. The molecule has 1 aliphatic heterocycles. The number of aromatic amines is 1. The summed E-state index contributed by atoms with van der Waals surface area (Å²) >= 11 is 1.19. The number of para-hydroxylation sites is 1. The summed E-state index contributed by atoms with van der Waals surface area (Å²) in [4.78, 5) is 57.8. The topological polar surface area (TPSA) is 130 Å². The fourth-order valence-electron chi connectivity index (χ4n) is 5.86. The third-order valence-corrected chi connectivity index (χ3v) is 9.57. The van der Waals surface area contributed by atoms with Crippen LogP contribution in [0.25, 0.3) is 10.9 Å². The van der Waals surface area contributed by atoms with Gasteiger partial charge in [0.15, 0.2) is 23.7 Å². The molecule has 1 aliphatic rings. The average Bonchev–Trinajstić information content (AvgIpc) is 3.63. The van der Waals surface area contributed by atoms with E-state index in [0.29, 0.717) is 10.6 Å². The number of fused-ring (bicyclic) bond motifs is 1. The molecule has 0 bridgehead atoms. The maximum atomic E-state index is 13.8. The third kappa shape index (κ3) is 8.49. The van der Waals surface area contributed by atoms with Crippen LogP contribution in [0.2, 0.25) is 0 Å². The van der Waals surface area contributed by atoms with Crippen molar-refractivity contribution in [3.8, 4) is 0 Å². The predicted octanol–water partition coefficient (Wildman–Crippen LogP) is 7.52. The molecular formula is C42H33NO9S. The predicted molar refractivity (Wildman–Crippen MR) is 196 cm³/mol. The van der Waals surface area contributed by atoms with Crippen molar-refractivity contribution in [1.82, 2.24) is 4.98 Å². The van der Waals surface area contributed by atoms with Crippen LogP contribution < -0.4 is 0 Å². The van der Waals surface area contributed by atoms with Crippen LogP contribution in [0.5, 0.6) is 0 Å². The molecule has 1 aromatic heterocycles. The first kappa shape index (κ1) is 35.2. The fraction of sp³-hybridized carbons (Fsp3) is 0.143. The van der Waals surface area contributed by atoms with Gasteiger partial charge in [0, 0.05) is 10.9 Å². The Balaban J connectivity index is 1.30. The molecule has 6 aromatic rings. The molecule has 10 nitrogen and oxygen atoms in total. The van der Waals surface area contributed by atoms with Crippen molar-refractivity contribution < 1.29 is 42.9 Å². The van der Waals surface area contributed by atoms with E-state index >= 15 is 0 Å². The lowest BCUT2D eigenvalue weighted by molar-refractivity contribution is -0.207. The number of hydrogen-bond acceptors (Lipinski definition) is 10. The minimum atomic E-state index is -1.43. The Hall–Kier alpha value is -6.17. The molecule has 1 fully saturated rings. The van der Waals surface area contributed by atoms with Gasteiger partial charge in [0.1, 0.15) is 12.7 Å². The second-order valence-electron chi connectivity index (χ2n) is 12.1. The highest BCUT2D eigenvalue weighted by atomic mass is 32.2. The Morgan fingerprint density at radius 3 is 1.47 bits per heavy atom. The van der Waals surface area contributed by atoms with Gasteiger partial charge < -0.3 is 28.7 Å². The lowest BCUT2D eigenvalue weighted by Gasteiger charge is -2.44. The molecule has 1 N–H and O–H groups in total. The minimum absolute atomic E-state index is 0.215. The maximum Gasteiger partial charge on any atom is 0.338 e. The molecule has 0 aliphatic carbocycles. The van der Waals surface area contributed by atoms with Crippen LogP contribution in [0.4, 0.5) is 0 Å². The van der Waals surface area contributed by atoms with Crippen LogP contribution >= 0.6 is 11.8 Å². The van der Waals surface area contributed by atoms with Crippen LogP contribution in [0.15, 0.2) is 157 Å². The van der Waals surface area contributed by atoms with Crippen LogP contribution in [0, 0.1) is 0 Å². The van der Waals surface area contributed by atoms with E-state index in [0.717, 1.165) is 10.9 Å². The Kier molecular flexibility index (Phi) is 10.9. The van der Waals surface area contributed by atoms with Gasteiger partial charge >= 0.3 is 23.9 Å². The number of aromatic nitrogens is 1. The summed E-state index contributed by atoms with van der Waals surface area (Å²) in [6, 6.07) is 42.8. The zero-order valence-corrected chi connectivity index (χ0v) is 28.9. The standard InChI is InChI=1S/C42H33NO9S/c44-38(27-15-5-1-6-16-27)48-26-33-35(50-39(45)28-17-7-2-8-18-28)36(51-40(46)29-19-9-3-10-20-29)37(52-41(47)30-21-11-4-12-22-30)42(49-33)53-34-25-31-23-13-14-24-32(31)43-34/h1-25,33,35-37,42-43H,26H2/t33-,35-,36+,37-,42+/m1/s1. The fourth-order valence-corrected chi connectivity index (χ4v) is 7.01. The summed E-state index contributed by atoms with van der Waals surface area (Å²) in [5.74, 6) is -2.87. The van der Waals surface area contributed by atoms with Crippen molar-refractivity contribution in [2.24, 2.45) is 0 Å². The maximum absolute atomic E-state index is 13.8. The number of nitrogens with one attached hydrogen (secondary N) is 1. The quantitative estimate of drug-likeness (QED) is 0.106. The van der Waals surface area contributed by atoms with E-state index in [1.807, 2.05) is 30.3 Å². The number of benzene rings is 5. The smallest absolute Gasteiger partial charge is 0.338 e. The van der Waals surface area contributed by atoms with Crippen LogP contribution in [-0.4, -0.2) is 65.3 Å². The minimum Gasteiger partial charge on any atom is -0.459 e. The SMILES string of the molecule is O=C(OC[C@H]1O[C@@H](Sc2cc3ccccc3[nH]2)[C@H](OC(=O)c2ccccc2)[C@@H](OC(=O)c2ccccc2)[C@@H]1OC(=O)c1ccccc1)c1ccccc1. The zero-order chi connectivity index (χ0) is 36.6. The molecule has 1 saturated heterocycles. The van der Waals surface area contributed by atoms with Crippen molar-refractivity contribution in [3.05, 3.63) is 174 Å². The molecule has 11 heteroatoms. The average molecular weight is 728 g/mol. The number of carbonyl (C=O) groups excluding carboxylic acids is 4. The number of H-pyrrole nitrogens is 1. The Morgan fingerprint density at radius 2 is 0.962 bits per heavy atom. The van der Waals surface area contributed by atoms with E-state index in [9.17, 15) is 19.2 Å². The van der Waals surface area contributed by atoms with Crippen molar-refractivity contribution in [3.63, 3.8) is 0 Å². The lowest BCUT2D eigenvalue weighted by atomic mass is 9.98. The summed E-state index contributed by atoms with van der Waals surface area (Å²) in [6.07, 6.45) is -5.36. The van der Waals surface area contributed by atoms with Gasteiger partial charge in [0.25, 0.3) is 0 Å². The zero-order valence-electron chi connectivity index (χ0n) is 28.1. The van der Waals surface area contributed by atoms with Gasteiger partial charge in [0.05, 0.1) is 27.3 Å². The molecule has 0 saturated carbocycles. The molecule has 0 unspecified atom stereocenters. The molecule has 0 radical (unpaired) electrons. The first-order chi connectivity index (χ1) is 25.9. The Labute approximate surface area is 309 Å². The molecule has 0 spiro atoms. The lowest BCUT2D eigenvalue weighted by Crippen LogP contribution is -2.61. The van der Waals surface area contributed by atoms with Crippen molar-refractivity contribution in [2.75, 3.05) is 6.61 Å². The monoisotopic (exact) mass is 727 g/mol. The van der Waals surface area contributed by atoms with E-state index < -0.39 is 60.3 Å². The molecule has 7 rings (SSSR count). The van der Waals surface area contributed by atoms with Crippen molar-refractivity contribution in [2.45, 2.75) is 34.9 Å². The number of thioether (sulfide) groups is 1.